The van der Waals surface area contributed by atoms with Crippen LogP contribution in [0.15, 0.2) is 11.8 Å². The largest absolute Gasteiger partial charge is 0.403 e. The number of carbonyl (C=O) groups is 1. The molecule has 0 bridgehead atoms. The molecular formula is C5H6N2O. The summed E-state index contributed by atoms with van der Waals surface area (Å²) in [6.07, 6.45) is 1.00. The summed E-state index contributed by atoms with van der Waals surface area (Å²) in [5, 5.41) is 8.08. The van der Waals surface area contributed by atoms with Crippen LogP contribution >= 0.6 is 0 Å². The zero-order chi connectivity index (χ0) is 6.57. The van der Waals surface area contributed by atoms with Gasteiger partial charge in [-0.05, 0) is 6.92 Å². The van der Waals surface area contributed by atoms with E-state index in [0.29, 0.717) is 0 Å². The third kappa shape index (κ3) is 1.43. The van der Waals surface area contributed by atoms with E-state index < -0.39 is 0 Å². The normalized spacial score (nSPS) is 10.2. The number of Topliss-reactive ketones (excluding diaryl/α,β-unsaturated/α-hetero) is 1. The molecule has 0 amide bonds. The van der Waals surface area contributed by atoms with Crippen LogP contribution in [0.2, 0.25) is 0 Å². The first-order valence-corrected chi connectivity index (χ1v) is 2.05. The first kappa shape index (κ1) is 6.70. The molecule has 8 heavy (non-hydrogen) atoms. The molecule has 0 aromatic carbocycles. The van der Waals surface area contributed by atoms with Crippen molar-refractivity contribution in [3.8, 4) is 6.07 Å². The van der Waals surface area contributed by atoms with Crippen molar-refractivity contribution < 1.29 is 4.79 Å². The molecule has 0 radical (unpaired) electrons. The second-order valence-electron chi connectivity index (χ2n) is 1.25. The molecule has 0 rings (SSSR count). The van der Waals surface area contributed by atoms with Gasteiger partial charge >= 0.3 is 0 Å². The molecule has 0 fully saturated rings. The Kier molecular flexibility index (Phi) is 2.35. The van der Waals surface area contributed by atoms with Gasteiger partial charge in [0.05, 0.1) is 0 Å². The predicted octanol–water partition coefficient (Wildman–Crippen LogP) is -0.0584. The zero-order valence-electron chi connectivity index (χ0n) is 4.51. The van der Waals surface area contributed by atoms with Crippen LogP contribution in [0.1, 0.15) is 6.92 Å². The van der Waals surface area contributed by atoms with Crippen molar-refractivity contribution in [2.75, 3.05) is 0 Å². The van der Waals surface area contributed by atoms with Crippen molar-refractivity contribution in [2.24, 2.45) is 5.73 Å². The average Bonchev–Trinajstić information content (AvgIpc) is 1.69. The number of ketones is 1. The highest BCUT2D eigenvalue weighted by Gasteiger charge is 1.97. The Balaban J connectivity index is 4.20. The van der Waals surface area contributed by atoms with E-state index in [2.05, 4.69) is 0 Å². The topological polar surface area (TPSA) is 66.9 Å². The van der Waals surface area contributed by atoms with Crippen LogP contribution in [-0.4, -0.2) is 5.78 Å². The van der Waals surface area contributed by atoms with Crippen LogP contribution in [0, 0.1) is 11.3 Å². The van der Waals surface area contributed by atoms with Gasteiger partial charge in [-0.3, -0.25) is 4.79 Å². The van der Waals surface area contributed by atoms with E-state index in [4.69, 9.17) is 11.0 Å². The lowest BCUT2D eigenvalue weighted by atomic mass is 10.2. The summed E-state index contributed by atoms with van der Waals surface area (Å²) in [5.41, 5.74) is 4.88. The van der Waals surface area contributed by atoms with Crippen LogP contribution in [0.3, 0.4) is 0 Å². The predicted molar refractivity (Wildman–Crippen MR) is 28.6 cm³/mol. The molecule has 3 nitrogen and oxygen atoms in total. The molecule has 0 unspecified atom stereocenters. The zero-order valence-corrected chi connectivity index (χ0v) is 4.51. The number of allylic oxidation sites excluding steroid dienone is 1. The molecule has 2 N–H and O–H groups in total. The van der Waals surface area contributed by atoms with Gasteiger partial charge in [-0.25, -0.2) is 0 Å². The number of nitriles is 1. The van der Waals surface area contributed by atoms with E-state index in [-0.39, 0.29) is 11.4 Å². The summed E-state index contributed by atoms with van der Waals surface area (Å²) in [6, 6.07) is 1.64. The quantitative estimate of drug-likeness (QED) is 0.380. The fourth-order valence-electron chi connectivity index (χ4n) is 0.233. The lowest BCUT2D eigenvalue weighted by Crippen LogP contribution is -1.96. The first-order chi connectivity index (χ1) is 3.72. The molecule has 0 aliphatic carbocycles. The van der Waals surface area contributed by atoms with E-state index >= 15 is 0 Å². The van der Waals surface area contributed by atoms with Crippen LogP contribution in [-0.2, 0) is 4.79 Å². The molecule has 0 aromatic rings. The third-order valence-corrected chi connectivity index (χ3v) is 0.666. The summed E-state index contributed by atoms with van der Waals surface area (Å²) in [7, 11) is 0. The summed E-state index contributed by atoms with van der Waals surface area (Å²) in [4.78, 5) is 10.2. The number of rotatable bonds is 1. The fraction of sp³-hybridized carbons (Fsp3) is 0.200. The number of nitrogens with two attached hydrogens (primary N) is 1. The summed E-state index contributed by atoms with van der Waals surface area (Å²) < 4.78 is 0. The third-order valence-electron chi connectivity index (χ3n) is 0.666. The van der Waals surface area contributed by atoms with Gasteiger partial charge in [0.25, 0.3) is 0 Å². The average molecular weight is 110 g/mol. The molecule has 0 heterocycles. The lowest BCUT2D eigenvalue weighted by molar-refractivity contribution is -0.113. The Labute approximate surface area is 47.4 Å². The molecule has 0 aromatic heterocycles. The van der Waals surface area contributed by atoms with E-state index in [1.807, 2.05) is 0 Å². The lowest BCUT2D eigenvalue weighted by Gasteiger charge is -1.82. The minimum atomic E-state index is -0.296. The summed E-state index contributed by atoms with van der Waals surface area (Å²) in [5.74, 6) is -0.296. The van der Waals surface area contributed by atoms with E-state index in [1.165, 1.54) is 6.92 Å². The monoisotopic (exact) mass is 110 g/mol. The molecule has 0 saturated heterocycles. The van der Waals surface area contributed by atoms with Crippen molar-refractivity contribution >= 4 is 5.78 Å². The minimum absolute atomic E-state index is 0.00463. The van der Waals surface area contributed by atoms with E-state index in [9.17, 15) is 4.79 Å². The molecule has 42 valence electrons. The van der Waals surface area contributed by atoms with Crippen molar-refractivity contribution in [1.82, 2.24) is 0 Å². The van der Waals surface area contributed by atoms with Crippen molar-refractivity contribution in [3.05, 3.63) is 11.8 Å². The van der Waals surface area contributed by atoms with Gasteiger partial charge in [-0.15, -0.1) is 0 Å². The maximum absolute atomic E-state index is 10.2. The first-order valence-electron chi connectivity index (χ1n) is 2.05. The second kappa shape index (κ2) is 2.80. The number of carbonyl (C=O) groups excluding carboxylic acids is 1. The van der Waals surface area contributed by atoms with Gasteiger partial charge in [0.15, 0.2) is 5.78 Å². The second-order valence-corrected chi connectivity index (χ2v) is 1.25. The van der Waals surface area contributed by atoms with Gasteiger partial charge in [0.2, 0.25) is 0 Å². The Morgan fingerprint density at radius 3 is 2.38 bits per heavy atom. The van der Waals surface area contributed by atoms with Crippen LogP contribution in [0.5, 0.6) is 0 Å². The van der Waals surface area contributed by atoms with Crippen LogP contribution in [0.25, 0.3) is 0 Å². The highest BCUT2D eigenvalue weighted by atomic mass is 16.1. The Morgan fingerprint density at radius 1 is 1.88 bits per heavy atom. The van der Waals surface area contributed by atoms with Gasteiger partial charge in [-0.2, -0.15) is 5.26 Å². The van der Waals surface area contributed by atoms with Gasteiger partial charge in [0, 0.05) is 6.20 Å². The van der Waals surface area contributed by atoms with Crippen molar-refractivity contribution in [2.45, 2.75) is 6.92 Å². The molecule has 0 atom stereocenters. The van der Waals surface area contributed by atoms with Gasteiger partial charge in [-0.1, -0.05) is 0 Å². The molecule has 0 spiro atoms. The number of nitrogens with zero attached hydrogens (tertiary/aromatic N) is 1. The van der Waals surface area contributed by atoms with E-state index in [1.54, 1.807) is 6.07 Å². The number of hydrogen-bond acceptors (Lipinski definition) is 3. The molecule has 3 heteroatoms. The molecule has 0 aliphatic heterocycles. The standard InChI is InChI=1S/C5H6N2O/c1-4(8)5(2-6)3-7/h2H,6H2,1H3/b5-2+. The molecule has 0 saturated carbocycles. The fourth-order valence-corrected chi connectivity index (χ4v) is 0.233. The minimum Gasteiger partial charge on any atom is -0.403 e. The Hall–Kier alpha value is -1.30. The summed E-state index contributed by atoms with van der Waals surface area (Å²) >= 11 is 0. The van der Waals surface area contributed by atoms with E-state index in [0.717, 1.165) is 6.20 Å². The Morgan fingerprint density at radius 2 is 2.38 bits per heavy atom. The van der Waals surface area contributed by atoms with Gasteiger partial charge < -0.3 is 5.73 Å². The summed E-state index contributed by atoms with van der Waals surface area (Å²) in [6.45, 7) is 1.29. The highest BCUT2D eigenvalue weighted by Crippen LogP contribution is 1.87. The van der Waals surface area contributed by atoms with Crippen molar-refractivity contribution in [1.29, 1.82) is 5.26 Å². The van der Waals surface area contributed by atoms with Gasteiger partial charge in [0.1, 0.15) is 11.6 Å². The van der Waals surface area contributed by atoms with Crippen LogP contribution in [0.4, 0.5) is 0 Å². The highest BCUT2D eigenvalue weighted by molar-refractivity contribution is 5.96. The maximum Gasteiger partial charge on any atom is 0.171 e. The maximum atomic E-state index is 10.2. The number of hydrogen-bond donors (Lipinski definition) is 1. The Bertz CT molecular complexity index is 164. The van der Waals surface area contributed by atoms with Crippen molar-refractivity contribution in [3.63, 3.8) is 0 Å². The molecular weight excluding hydrogens is 104 g/mol. The van der Waals surface area contributed by atoms with Crippen LogP contribution < -0.4 is 5.73 Å². The SMILES string of the molecule is CC(=O)/C(C#N)=C/N. The molecule has 0 aliphatic rings. The smallest absolute Gasteiger partial charge is 0.171 e.